The fourth-order valence-electron chi connectivity index (χ4n) is 2.69. The summed E-state index contributed by atoms with van der Waals surface area (Å²) in [6.45, 7) is 3.69. The van der Waals surface area contributed by atoms with Crippen LogP contribution >= 0.6 is 0 Å². The third kappa shape index (κ3) is 4.37. The molecular weight excluding hydrogens is 330 g/mol. The average Bonchev–Trinajstić information content (AvgIpc) is 2.87. The molecule has 1 fully saturated rings. The minimum absolute atomic E-state index is 0.136. The van der Waals surface area contributed by atoms with Crippen LogP contribution < -0.4 is 4.74 Å². The topological polar surface area (TPSA) is 102 Å². The van der Waals surface area contributed by atoms with Crippen molar-refractivity contribution < 1.29 is 24.0 Å². The molecule has 2 rings (SSSR count). The number of ether oxygens (including phenoxy) is 2. The van der Waals surface area contributed by atoms with E-state index < -0.39 is 11.0 Å². The summed E-state index contributed by atoms with van der Waals surface area (Å²) in [6.07, 6.45) is 0.186. The summed E-state index contributed by atoms with van der Waals surface area (Å²) in [5.41, 5.74) is -0.0135. The summed E-state index contributed by atoms with van der Waals surface area (Å²) < 4.78 is 9.93. The lowest BCUT2D eigenvalue weighted by Gasteiger charge is -2.21. The molecule has 9 heteroatoms. The molecule has 0 saturated carbocycles. The smallest absolute Gasteiger partial charge is 0.409 e. The van der Waals surface area contributed by atoms with Crippen LogP contribution in [-0.4, -0.2) is 66.6 Å². The van der Waals surface area contributed by atoms with E-state index in [-0.39, 0.29) is 22.9 Å². The Labute approximate surface area is 145 Å². The van der Waals surface area contributed by atoms with Crippen molar-refractivity contribution in [2.45, 2.75) is 13.3 Å². The van der Waals surface area contributed by atoms with Gasteiger partial charge in [-0.15, -0.1) is 0 Å². The SMILES string of the molecule is CCOc1ccc(C(=O)N2CCCN(C(=O)OC)CC2)cc1[N+](=O)[O-]. The van der Waals surface area contributed by atoms with Crippen molar-refractivity contribution >= 4 is 17.7 Å². The predicted octanol–water partition coefficient (Wildman–Crippen LogP) is 1.91. The molecule has 25 heavy (non-hydrogen) atoms. The molecule has 0 N–H and O–H groups in total. The third-order valence-electron chi connectivity index (χ3n) is 3.92. The maximum absolute atomic E-state index is 12.7. The van der Waals surface area contributed by atoms with Gasteiger partial charge in [0.1, 0.15) is 0 Å². The Morgan fingerprint density at radius 3 is 2.52 bits per heavy atom. The normalized spacial score (nSPS) is 14.6. The Hall–Kier alpha value is -2.84. The molecule has 1 heterocycles. The number of rotatable bonds is 4. The van der Waals surface area contributed by atoms with E-state index in [1.807, 2.05) is 0 Å². The molecule has 1 aliphatic rings. The lowest BCUT2D eigenvalue weighted by Crippen LogP contribution is -2.37. The van der Waals surface area contributed by atoms with Crippen molar-refractivity contribution in [1.82, 2.24) is 9.80 Å². The fourth-order valence-corrected chi connectivity index (χ4v) is 2.69. The second kappa shape index (κ2) is 8.32. The van der Waals surface area contributed by atoms with Gasteiger partial charge >= 0.3 is 11.8 Å². The van der Waals surface area contributed by atoms with Gasteiger partial charge in [0.25, 0.3) is 5.91 Å². The second-order valence-electron chi connectivity index (χ2n) is 5.48. The third-order valence-corrected chi connectivity index (χ3v) is 3.92. The van der Waals surface area contributed by atoms with Crippen molar-refractivity contribution in [2.75, 3.05) is 39.9 Å². The number of carbonyl (C=O) groups excluding carboxylic acids is 2. The van der Waals surface area contributed by atoms with E-state index in [0.717, 1.165) is 0 Å². The van der Waals surface area contributed by atoms with Crippen LogP contribution in [0.1, 0.15) is 23.7 Å². The molecule has 1 aromatic carbocycles. The van der Waals surface area contributed by atoms with Crippen LogP contribution in [-0.2, 0) is 4.74 Å². The summed E-state index contributed by atoms with van der Waals surface area (Å²) in [5.74, 6) is -0.172. The molecule has 0 spiro atoms. The number of nitro benzene ring substituents is 1. The fraction of sp³-hybridized carbons (Fsp3) is 0.500. The number of methoxy groups -OCH3 is 1. The van der Waals surface area contributed by atoms with Crippen molar-refractivity contribution in [2.24, 2.45) is 0 Å². The zero-order valence-electron chi connectivity index (χ0n) is 14.3. The Bertz CT molecular complexity index is 663. The maximum atomic E-state index is 12.7. The molecule has 2 amide bonds. The molecular formula is C16H21N3O6. The molecule has 136 valence electrons. The highest BCUT2D eigenvalue weighted by Gasteiger charge is 2.25. The summed E-state index contributed by atoms with van der Waals surface area (Å²) in [6, 6.07) is 4.19. The maximum Gasteiger partial charge on any atom is 0.409 e. The van der Waals surface area contributed by atoms with Crippen LogP contribution in [0.5, 0.6) is 5.75 Å². The van der Waals surface area contributed by atoms with E-state index in [4.69, 9.17) is 9.47 Å². The van der Waals surface area contributed by atoms with E-state index in [1.165, 1.54) is 30.2 Å². The van der Waals surface area contributed by atoms with Gasteiger partial charge in [-0.3, -0.25) is 14.9 Å². The van der Waals surface area contributed by atoms with E-state index in [9.17, 15) is 19.7 Å². The van der Waals surface area contributed by atoms with E-state index in [2.05, 4.69) is 0 Å². The van der Waals surface area contributed by atoms with Gasteiger partial charge in [0.05, 0.1) is 18.6 Å². The summed E-state index contributed by atoms with van der Waals surface area (Å²) >= 11 is 0. The van der Waals surface area contributed by atoms with Gasteiger partial charge in [-0.25, -0.2) is 4.79 Å². The lowest BCUT2D eigenvalue weighted by molar-refractivity contribution is -0.385. The second-order valence-corrected chi connectivity index (χ2v) is 5.48. The Morgan fingerprint density at radius 2 is 1.88 bits per heavy atom. The Balaban J connectivity index is 2.16. The summed E-state index contributed by atoms with van der Waals surface area (Å²) in [4.78, 5) is 38.0. The molecule has 0 aliphatic carbocycles. The molecule has 0 radical (unpaired) electrons. The quantitative estimate of drug-likeness (QED) is 0.606. The first kappa shape index (κ1) is 18.5. The van der Waals surface area contributed by atoms with Crippen LogP contribution in [0.15, 0.2) is 18.2 Å². The first-order valence-corrected chi connectivity index (χ1v) is 8.01. The van der Waals surface area contributed by atoms with Crippen LogP contribution in [0.25, 0.3) is 0 Å². The van der Waals surface area contributed by atoms with Gasteiger partial charge < -0.3 is 19.3 Å². The zero-order valence-corrected chi connectivity index (χ0v) is 14.3. The van der Waals surface area contributed by atoms with Gasteiger partial charge in [0, 0.05) is 37.8 Å². The molecule has 1 aromatic rings. The van der Waals surface area contributed by atoms with Crippen LogP contribution in [0.4, 0.5) is 10.5 Å². The predicted molar refractivity (Wildman–Crippen MR) is 88.8 cm³/mol. The first-order valence-electron chi connectivity index (χ1n) is 8.01. The lowest BCUT2D eigenvalue weighted by atomic mass is 10.1. The van der Waals surface area contributed by atoms with Crippen molar-refractivity contribution in [3.8, 4) is 5.75 Å². The minimum atomic E-state index is -0.566. The molecule has 0 bridgehead atoms. The van der Waals surface area contributed by atoms with Crippen LogP contribution in [0, 0.1) is 10.1 Å². The van der Waals surface area contributed by atoms with Crippen molar-refractivity contribution in [3.05, 3.63) is 33.9 Å². The number of amides is 2. The highest BCUT2D eigenvalue weighted by molar-refractivity contribution is 5.95. The Morgan fingerprint density at radius 1 is 1.20 bits per heavy atom. The van der Waals surface area contributed by atoms with E-state index >= 15 is 0 Å². The highest BCUT2D eigenvalue weighted by atomic mass is 16.6. The molecule has 1 aliphatic heterocycles. The zero-order chi connectivity index (χ0) is 18.4. The molecule has 9 nitrogen and oxygen atoms in total. The van der Waals surface area contributed by atoms with Gasteiger partial charge in [-0.1, -0.05) is 0 Å². The van der Waals surface area contributed by atoms with E-state index in [0.29, 0.717) is 39.2 Å². The van der Waals surface area contributed by atoms with Crippen LogP contribution in [0.2, 0.25) is 0 Å². The number of benzene rings is 1. The Kier molecular flexibility index (Phi) is 6.15. The molecule has 1 saturated heterocycles. The number of nitro groups is 1. The standard InChI is InChI=1S/C16H21N3O6/c1-3-25-14-6-5-12(11-13(14)19(22)23)15(20)17-7-4-8-18(10-9-17)16(21)24-2/h5-6,11H,3-4,7-10H2,1-2H3. The minimum Gasteiger partial charge on any atom is -0.487 e. The van der Waals surface area contributed by atoms with Gasteiger partial charge in [0.15, 0.2) is 5.75 Å². The van der Waals surface area contributed by atoms with Gasteiger partial charge in [-0.2, -0.15) is 0 Å². The van der Waals surface area contributed by atoms with E-state index in [1.54, 1.807) is 11.8 Å². The first-order chi connectivity index (χ1) is 12.0. The van der Waals surface area contributed by atoms with Crippen molar-refractivity contribution in [1.29, 1.82) is 0 Å². The average molecular weight is 351 g/mol. The van der Waals surface area contributed by atoms with Gasteiger partial charge in [-0.05, 0) is 25.5 Å². The molecule has 0 atom stereocenters. The highest BCUT2D eigenvalue weighted by Crippen LogP contribution is 2.28. The number of hydrogen-bond acceptors (Lipinski definition) is 6. The number of hydrogen-bond donors (Lipinski definition) is 0. The monoisotopic (exact) mass is 351 g/mol. The summed E-state index contributed by atoms with van der Waals surface area (Å²) in [7, 11) is 1.31. The molecule has 0 aromatic heterocycles. The summed E-state index contributed by atoms with van der Waals surface area (Å²) in [5, 5.41) is 11.2. The largest absolute Gasteiger partial charge is 0.487 e. The van der Waals surface area contributed by atoms with Gasteiger partial charge in [0.2, 0.25) is 0 Å². The van der Waals surface area contributed by atoms with Crippen LogP contribution in [0.3, 0.4) is 0 Å². The molecule has 0 unspecified atom stereocenters. The number of carbonyl (C=O) groups is 2. The van der Waals surface area contributed by atoms with Crippen molar-refractivity contribution in [3.63, 3.8) is 0 Å². The number of nitrogens with zero attached hydrogens (tertiary/aromatic N) is 3.